The summed E-state index contributed by atoms with van der Waals surface area (Å²) < 4.78 is 0. The van der Waals surface area contributed by atoms with E-state index >= 15 is 0 Å². The molecule has 7 heteroatoms. The van der Waals surface area contributed by atoms with Crippen molar-refractivity contribution < 1.29 is 9.59 Å². The van der Waals surface area contributed by atoms with E-state index in [1.165, 1.54) is 11.3 Å². The number of carbonyl (C=O) groups is 2. The number of hydrogen-bond acceptors (Lipinski definition) is 3. The van der Waals surface area contributed by atoms with E-state index in [0.717, 1.165) is 5.56 Å². The fraction of sp³-hybridized carbons (Fsp3) is 0. The number of urea groups is 1. The van der Waals surface area contributed by atoms with Gasteiger partial charge < -0.3 is 16.5 Å². The molecule has 88 valence electrons. The second kappa shape index (κ2) is 4.30. The highest BCUT2D eigenvalue weighted by Gasteiger charge is 2.15. The van der Waals surface area contributed by atoms with Crippen LogP contribution in [0.1, 0.15) is 10.4 Å². The maximum Gasteiger partial charge on any atom is 0.317 e. The van der Waals surface area contributed by atoms with Gasteiger partial charge in [-0.2, -0.15) is 11.3 Å². The van der Waals surface area contributed by atoms with Crippen molar-refractivity contribution in [1.29, 1.82) is 0 Å². The Morgan fingerprint density at radius 1 is 1.35 bits per heavy atom. The van der Waals surface area contributed by atoms with E-state index in [0.29, 0.717) is 5.69 Å². The predicted molar refractivity (Wildman–Crippen MR) is 65.8 cm³/mol. The SMILES string of the molecule is NC(=O)Nc1[nH]c(-c2ccsc2)cc1C(N)=O. The van der Waals surface area contributed by atoms with Crippen LogP contribution in [-0.4, -0.2) is 16.9 Å². The minimum atomic E-state index is -0.758. The van der Waals surface area contributed by atoms with Crippen molar-refractivity contribution in [3.63, 3.8) is 0 Å². The molecule has 6 nitrogen and oxygen atoms in total. The number of nitrogens with two attached hydrogens (primary N) is 2. The number of thiophene rings is 1. The summed E-state index contributed by atoms with van der Waals surface area (Å²) in [4.78, 5) is 24.9. The summed E-state index contributed by atoms with van der Waals surface area (Å²) in [6.45, 7) is 0. The minimum absolute atomic E-state index is 0.199. The van der Waals surface area contributed by atoms with Gasteiger partial charge in [0.25, 0.3) is 5.91 Å². The van der Waals surface area contributed by atoms with Gasteiger partial charge >= 0.3 is 6.03 Å². The molecule has 0 aliphatic carbocycles. The van der Waals surface area contributed by atoms with Gasteiger partial charge in [-0.05, 0) is 17.5 Å². The highest BCUT2D eigenvalue weighted by Crippen LogP contribution is 2.26. The molecule has 0 saturated carbocycles. The summed E-state index contributed by atoms with van der Waals surface area (Å²) in [5.41, 5.74) is 12.0. The number of H-pyrrole nitrogens is 1. The average molecular weight is 250 g/mol. The zero-order chi connectivity index (χ0) is 12.4. The van der Waals surface area contributed by atoms with Gasteiger partial charge in [-0.1, -0.05) is 0 Å². The molecule has 0 bridgehead atoms. The first-order chi connectivity index (χ1) is 8.08. The van der Waals surface area contributed by atoms with Crippen LogP contribution in [0.2, 0.25) is 0 Å². The molecule has 3 amide bonds. The molecule has 0 radical (unpaired) electrons. The van der Waals surface area contributed by atoms with Crippen molar-refractivity contribution >= 4 is 29.1 Å². The molecule has 0 aliphatic heterocycles. The molecule has 2 aromatic rings. The standard InChI is InChI=1S/C10H10N4O2S/c11-8(15)6-3-7(5-1-2-17-4-5)13-9(6)14-10(12)16/h1-4,13H,(H2,11,15)(H3,12,14,16). The maximum atomic E-state index is 11.2. The molecule has 0 fully saturated rings. The average Bonchev–Trinajstić information content (AvgIpc) is 2.82. The zero-order valence-electron chi connectivity index (χ0n) is 8.69. The number of hydrogen-bond donors (Lipinski definition) is 4. The molecule has 0 spiro atoms. The van der Waals surface area contributed by atoms with Crippen LogP contribution in [0.25, 0.3) is 11.3 Å². The topological polar surface area (TPSA) is 114 Å². The predicted octanol–water partition coefficient (Wildman–Crippen LogP) is 1.33. The van der Waals surface area contributed by atoms with Crippen LogP contribution in [0, 0.1) is 0 Å². The van der Waals surface area contributed by atoms with Crippen molar-refractivity contribution in [2.45, 2.75) is 0 Å². The van der Waals surface area contributed by atoms with Gasteiger partial charge in [0.1, 0.15) is 5.82 Å². The van der Waals surface area contributed by atoms with Crippen LogP contribution in [-0.2, 0) is 0 Å². The first kappa shape index (κ1) is 11.2. The third-order valence-electron chi connectivity index (χ3n) is 2.16. The van der Waals surface area contributed by atoms with E-state index in [-0.39, 0.29) is 11.4 Å². The third-order valence-corrected chi connectivity index (χ3v) is 2.85. The molecule has 0 unspecified atom stereocenters. The maximum absolute atomic E-state index is 11.2. The van der Waals surface area contributed by atoms with Crippen molar-refractivity contribution in [2.24, 2.45) is 11.5 Å². The highest BCUT2D eigenvalue weighted by atomic mass is 32.1. The summed E-state index contributed by atoms with van der Waals surface area (Å²) in [6.07, 6.45) is 0. The Bertz CT molecular complexity index is 559. The molecule has 17 heavy (non-hydrogen) atoms. The Hall–Kier alpha value is -2.28. The Kier molecular flexibility index (Phi) is 2.84. The molecule has 0 saturated heterocycles. The summed E-state index contributed by atoms with van der Waals surface area (Å²) >= 11 is 1.52. The van der Waals surface area contributed by atoms with Crippen LogP contribution >= 0.6 is 11.3 Å². The largest absolute Gasteiger partial charge is 0.365 e. The van der Waals surface area contributed by atoms with Crippen LogP contribution < -0.4 is 16.8 Å². The van der Waals surface area contributed by atoms with Gasteiger partial charge in [0.15, 0.2) is 0 Å². The molecule has 2 heterocycles. The van der Waals surface area contributed by atoms with Crippen molar-refractivity contribution in [2.75, 3.05) is 5.32 Å². The molecule has 0 atom stereocenters. The first-order valence-electron chi connectivity index (χ1n) is 4.70. The van der Waals surface area contributed by atoms with E-state index in [4.69, 9.17) is 11.5 Å². The summed E-state index contributed by atoms with van der Waals surface area (Å²) in [7, 11) is 0. The molecular formula is C10H10N4O2S. The molecule has 2 aromatic heterocycles. The summed E-state index contributed by atoms with van der Waals surface area (Å²) in [5.74, 6) is -0.419. The van der Waals surface area contributed by atoms with E-state index < -0.39 is 11.9 Å². The number of carbonyl (C=O) groups excluding carboxylic acids is 2. The van der Waals surface area contributed by atoms with Crippen molar-refractivity contribution in [3.8, 4) is 11.3 Å². The molecular weight excluding hydrogens is 240 g/mol. The Morgan fingerprint density at radius 3 is 2.65 bits per heavy atom. The number of primary amides is 2. The van der Waals surface area contributed by atoms with E-state index in [9.17, 15) is 9.59 Å². The monoisotopic (exact) mass is 250 g/mol. The van der Waals surface area contributed by atoms with Crippen LogP contribution in [0.4, 0.5) is 10.6 Å². The number of nitrogens with one attached hydrogen (secondary N) is 2. The summed E-state index contributed by atoms with van der Waals surface area (Å²) in [5, 5.41) is 6.13. The molecule has 2 rings (SSSR count). The van der Waals surface area contributed by atoms with E-state index in [1.54, 1.807) is 6.07 Å². The van der Waals surface area contributed by atoms with Gasteiger partial charge in [0.2, 0.25) is 0 Å². The number of amides is 3. The Balaban J connectivity index is 2.44. The first-order valence-corrected chi connectivity index (χ1v) is 5.64. The summed E-state index contributed by atoms with van der Waals surface area (Å²) in [6, 6.07) is 2.71. The van der Waals surface area contributed by atoms with E-state index in [2.05, 4.69) is 10.3 Å². The fourth-order valence-corrected chi connectivity index (χ4v) is 2.10. The Labute approximate surface area is 101 Å². The lowest BCUT2D eigenvalue weighted by Gasteiger charge is -1.99. The van der Waals surface area contributed by atoms with E-state index in [1.807, 2.05) is 16.8 Å². The third kappa shape index (κ3) is 2.28. The van der Waals surface area contributed by atoms with Gasteiger partial charge in [-0.15, -0.1) is 0 Å². The van der Waals surface area contributed by atoms with Gasteiger partial charge in [0.05, 0.1) is 5.56 Å². The fourth-order valence-electron chi connectivity index (χ4n) is 1.44. The Morgan fingerprint density at radius 2 is 2.12 bits per heavy atom. The number of anilines is 1. The van der Waals surface area contributed by atoms with Gasteiger partial charge in [-0.3, -0.25) is 10.1 Å². The number of aromatic nitrogens is 1. The smallest absolute Gasteiger partial charge is 0.317 e. The van der Waals surface area contributed by atoms with Crippen LogP contribution in [0.5, 0.6) is 0 Å². The normalized spacial score (nSPS) is 10.1. The van der Waals surface area contributed by atoms with Crippen LogP contribution in [0.15, 0.2) is 22.9 Å². The molecule has 0 aromatic carbocycles. The molecule has 0 aliphatic rings. The quantitative estimate of drug-likeness (QED) is 0.658. The van der Waals surface area contributed by atoms with Crippen molar-refractivity contribution in [3.05, 3.63) is 28.5 Å². The zero-order valence-corrected chi connectivity index (χ0v) is 9.51. The lowest BCUT2D eigenvalue weighted by molar-refractivity contribution is 0.100. The minimum Gasteiger partial charge on any atom is -0.365 e. The second-order valence-corrected chi connectivity index (χ2v) is 4.12. The number of aromatic amines is 1. The number of rotatable bonds is 3. The highest BCUT2D eigenvalue weighted by molar-refractivity contribution is 7.08. The van der Waals surface area contributed by atoms with Crippen LogP contribution in [0.3, 0.4) is 0 Å². The lowest BCUT2D eigenvalue weighted by atomic mass is 10.2. The molecule has 6 N–H and O–H groups in total. The van der Waals surface area contributed by atoms with Gasteiger partial charge in [-0.25, -0.2) is 4.79 Å². The lowest BCUT2D eigenvalue weighted by Crippen LogP contribution is -2.22. The van der Waals surface area contributed by atoms with Gasteiger partial charge in [0, 0.05) is 16.6 Å². The second-order valence-electron chi connectivity index (χ2n) is 3.34. The van der Waals surface area contributed by atoms with Crippen molar-refractivity contribution in [1.82, 2.24) is 4.98 Å².